The van der Waals surface area contributed by atoms with Crippen LogP contribution in [-0.4, -0.2) is 38.5 Å². The van der Waals surface area contributed by atoms with Gasteiger partial charge in [-0.25, -0.2) is 4.98 Å². The molecule has 1 saturated heterocycles. The van der Waals surface area contributed by atoms with E-state index in [0.29, 0.717) is 0 Å². The van der Waals surface area contributed by atoms with Crippen molar-refractivity contribution in [3.63, 3.8) is 0 Å². The van der Waals surface area contributed by atoms with Crippen LogP contribution in [0.15, 0.2) is 24.5 Å². The number of carboxylic acid groups (broad SMARTS) is 1. The Labute approximate surface area is 111 Å². The lowest BCUT2D eigenvalue weighted by Gasteiger charge is -2.22. The second-order valence-corrected chi connectivity index (χ2v) is 5.16. The highest BCUT2D eigenvalue weighted by molar-refractivity contribution is 5.79. The molecule has 2 N–H and O–H groups in total. The molecule has 1 aliphatic heterocycles. The van der Waals surface area contributed by atoms with Gasteiger partial charge in [0.1, 0.15) is 5.65 Å². The monoisotopic (exact) mass is 259 g/mol. The van der Waals surface area contributed by atoms with E-state index in [1.807, 2.05) is 25.3 Å². The van der Waals surface area contributed by atoms with Gasteiger partial charge in [-0.2, -0.15) is 0 Å². The molecule has 3 rings (SSSR count). The van der Waals surface area contributed by atoms with Gasteiger partial charge in [0.05, 0.1) is 5.92 Å². The number of fused-ring (bicyclic) bond motifs is 1. The van der Waals surface area contributed by atoms with Gasteiger partial charge in [-0.3, -0.25) is 9.69 Å². The smallest absolute Gasteiger partial charge is 0.308 e. The summed E-state index contributed by atoms with van der Waals surface area (Å²) < 4.78 is 0. The van der Waals surface area contributed by atoms with Crippen molar-refractivity contribution < 1.29 is 9.90 Å². The molecule has 2 unspecified atom stereocenters. The standard InChI is InChI=1S/C14H17N3O2/c1-9-11(14(18)19)4-6-17(9)8-10-7-16-13-12(10)3-2-5-15-13/h2-3,5,7,9,11H,4,6,8H2,1H3,(H,15,16)(H,18,19). The average molecular weight is 259 g/mol. The van der Waals surface area contributed by atoms with E-state index in [4.69, 9.17) is 5.11 Å². The van der Waals surface area contributed by atoms with Crippen LogP contribution >= 0.6 is 0 Å². The maximum absolute atomic E-state index is 11.1. The minimum absolute atomic E-state index is 0.0825. The van der Waals surface area contributed by atoms with Crippen molar-refractivity contribution in [2.24, 2.45) is 5.92 Å². The molecule has 2 aromatic rings. The predicted molar refractivity (Wildman–Crippen MR) is 71.7 cm³/mol. The van der Waals surface area contributed by atoms with Gasteiger partial charge in [-0.15, -0.1) is 0 Å². The van der Waals surface area contributed by atoms with Crippen LogP contribution in [0.4, 0.5) is 0 Å². The Bertz CT molecular complexity index is 608. The van der Waals surface area contributed by atoms with Gasteiger partial charge in [-0.1, -0.05) is 0 Å². The number of nitrogens with one attached hydrogen (secondary N) is 1. The lowest BCUT2D eigenvalue weighted by molar-refractivity contribution is -0.142. The van der Waals surface area contributed by atoms with Crippen LogP contribution in [0, 0.1) is 5.92 Å². The summed E-state index contributed by atoms with van der Waals surface area (Å²) >= 11 is 0. The molecule has 100 valence electrons. The van der Waals surface area contributed by atoms with Crippen LogP contribution in [0.5, 0.6) is 0 Å². The third kappa shape index (κ3) is 2.10. The molecule has 0 amide bonds. The third-order valence-electron chi connectivity index (χ3n) is 4.11. The number of carbonyl (C=O) groups is 1. The molecule has 5 heteroatoms. The number of aromatic nitrogens is 2. The molecule has 3 heterocycles. The summed E-state index contributed by atoms with van der Waals surface area (Å²) in [4.78, 5) is 20.8. The summed E-state index contributed by atoms with van der Waals surface area (Å²) in [5, 5.41) is 10.3. The van der Waals surface area contributed by atoms with Crippen molar-refractivity contribution in [1.29, 1.82) is 0 Å². The number of aliphatic carboxylic acids is 1. The number of hydrogen-bond acceptors (Lipinski definition) is 3. The van der Waals surface area contributed by atoms with E-state index >= 15 is 0 Å². The van der Waals surface area contributed by atoms with Crippen molar-refractivity contribution in [2.75, 3.05) is 6.54 Å². The first-order valence-electron chi connectivity index (χ1n) is 6.54. The Hall–Kier alpha value is -1.88. The number of pyridine rings is 1. The van der Waals surface area contributed by atoms with E-state index in [9.17, 15) is 4.79 Å². The molecule has 0 spiro atoms. The summed E-state index contributed by atoms with van der Waals surface area (Å²) in [5.74, 6) is -0.932. The Balaban J connectivity index is 1.81. The highest BCUT2D eigenvalue weighted by Gasteiger charge is 2.35. The first kappa shape index (κ1) is 12.2. The van der Waals surface area contributed by atoms with E-state index in [2.05, 4.69) is 14.9 Å². The molecule has 0 radical (unpaired) electrons. The van der Waals surface area contributed by atoms with Crippen LogP contribution in [0.1, 0.15) is 18.9 Å². The van der Waals surface area contributed by atoms with Crippen molar-refractivity contribution >= 4 is 17.0 Å². The molecule has 0 aliphatic carbocycles. The summed E-state index contributed by atoms with van der Waals surface area (Å²) in [6, 6.07) is 4.05. The quantitative estimate of drug-likeness (QED) is 0.882. The zero-order valence-corrected chi connectivity index (χ0v) is 10.8. The second-order valence-electron chi connectivity index (χ2n) is 5.16. The molecule has 5 nitrogen and oxygen atoms in total. The number of hydrogen-bond donors (Lipinski definition) is 2. The first-order chi connectivity index (χ1) is 9.16. The van der Waals surface area contributed by atoms with Crippen LogP contribution < -0.4 is 0 Å². The van der Waals surface area contributed by atoms with Gasteiger partial charge >= 0.3 is 5.97 Å². The maximum Gasteiger partial charge on any atom is 0.308 e. The van der Waals surface area contributed by atoms with Crippen LogP contribution in [0.2, 0.25) is 0 Å². The SMILES string of the molecule is CC1C(C(=O)O)CCN1Cc1c[nH]c2ncccc12. The van der Waals surface area contributed by atoms with E-state index in [0.717, 1.165) is 30.5 Å². The van der Waals surface area contributed by atoms with E-state index in [1.54, 1.807) is 6.20 Å². The molecular formula is C14H17N3O2. The number of aromatic amines is 1. The van der Waals surface area contributed by atoms with Gasteiger partial charge in [0.2, 0.25) is 0 Å². The van der Waals surface area contributed by atoms with Gasteiger partial charge in [0.25, 0.3) is 0 Å². The second kappa shape index (κ2) is 4.66. The van der Waals surface area contributed by atoms with E-state index in [1.165, 1.54) is 5.56 Å². The minimum Gasteiger partial charge on any atom is -0.481 e. The Morgan fingerprint density at radius 3 is 3.21 bits per heavy atom. The van der Waals surface area contributed by atoms with Gasteiger partial charge in [-0.05, 0) is 37.6 Å². The average Bonchev–Trinajstić information content (AvgIpc) is 2.96. The fourth-order valence-electron chi connectivity index (χ4n) is 2.92. The highest BCUT2D eigenvalue weighted by atomic mass is 16.4. The van der Waals surface area contributed by atoms with Gasteiger partial charge in [0.15, 0.2) is 0 Å². The van der Waals surface area contributed by atoms with Gasteiger partial charge < -0.3 is 10.1 Å². The zero-order chi connectivity index (χ0) is 13.4. The number of nitrogens with zero attached hydrogens (tertiary/aromatic N) is 2. The van der Waals surface area contributed by atoms with Crippen molar-refractivity contribution in [3.8, 4) is 0 Å². The molecule has 1 aliphatic rings. The number of likely N-dealkylation sites (tertiary alicyclic amines) is 1. The number of H-pyrrole nitrogens is 1. The van der Waals surface area contributed by atoms with Crippen LogP contribution in [-0.2, 0) is 11.3 Å². The maximum atomic E-state index is 11.1. The van der Waals surface area contributed by atoms with Gasteiger partial charge in [0, 0.05) is 30.4 Å². The van der Waals surface area contributed by atoms with Crippen LogP contribution in [0.3, 0.4) is 0 Å². The van der Waals surface area contributed by atoms with E-state index < -0.39 is 5.97 Å². The van der Waals surface area contributed by atoms with Crippen molar-refractivity contribution in [3.05, 3.63) is 30.1 Å². The number of rotatable bonds is 3. The normalized spacial score (nSPS) is 24.1. The van der Waals surface area contributed by atoms with Crippen LogP contribution in [0.25, 0.3) is 11.0 Å². The zero-order valence-electron chi connectivity index (χ0n) is 10.8. The third-order valence-corrected chi connectivity index (χ3v) is 4.11. The molecule has 0 aromatic carbocycles. The summed E-state index contributed by atoms with van der Waals surface area (Å²) in [6.07, 6.45) is 4.47. The molecule has 19 heavy (non-hydrogen) atoms. The Morgan fingerprint density at radius 2 is 2.47 bits per heavy atom. The van der Waals surface area contributed by atoms with Crippen molar-refractivity contribution in [1.82, 2.24) is 14.9 Å². The largest absolute Gasteiger partial charge is 0.481 e. The van der Waals surface area contributed by atoms with Crippen molar-refractivity contribution in [2.45, 2.75) is 25.9 Å². The molecule has 1 fully saturated rings. The molecular weight excluding hydrogens is 242 g/mol. The molecule has 0 saturated carbocycles. The summed E-state index contributed by atoms with van der Waals surface area (Å²) in [6.45, 7) is 3.61. The summed E-state index contributed by atoms with van der Waals surface area (Å²) in [7, 11) is 0. The number of carboxylic acids is 1. The molecule has 2 aromatic heterocycles. The Kier molecular flexibility index (Phi) is 2.98. The molecule has 2 atom stereocenters. The minimum atomic E-state index is -0.685. The first-order valence-corrected chi connectivity index (χ1v) is 6.54. The predicted octanol–water partition coefficient (Wildman–Crippen LogP) is 1.86. The topological polar surface area (TPSA) is 69.2 Å². The molecule has 0 bridgehead atoms. The highest BCUT2D eigenvalue weighted by Crippen LogP contribution is 2.27. The summed E-state index contributed by atoms with van der Waals surface area (Å²) in [5.41, 5.74) is 2.07. The fourth-order valence-corrected chi connectivity index (χ4v) is 2.92. The fraction of sp³-hybridized carbons (Fsp3) is 0.429. The van der Waals surface area contributed by atoms with E-state index in [-0.39, 0.29) is 12.0 Å². The lowest BCUT2D eigenvalue weighted by atomic mass is 10.0. The Morgan fingerprint density at radius 1 is 1.63 bits per heavy atom. The lowest BCUT2D eigenvalue weighted by Crippen LogP contribution is -2.32.